The van der Waals surface area contributed by atoms with Gasteiger partial charge in [-0.25, -0.2) is 4.79 Å². The Hall–Kier alpha value is -1.54. The fraction of sp³-hybridized carbons (Fsp3) is 0.455. The molecule has 1 aliphatic heterocycles. The van der Waals surface area contributed by atoms with Gasteiger partial charge >= 0.3 is 5.97 Å². The zero-order valence-corrected chi connectivity index (χ0v) is 19.9. The Bertz CT molecular complexity index is 897. The average molecular weight is 467 g/mol. The van der Waals surface area contributed by atoms with Gasteiger partial charge in [0.15, 0.2) is 0 Å². The van der Waals surface area contributed by atoms with Gasteiger partial charge in [-0.1, -0.05) is 11.6 Å². The molecule has 2 heterocycles. The Kier molecular flexibility index (Phi) is 8.22. The summed E-state index contributed by atoms with van der Waals surface area (Å²) in [5.41, 5.74) is 1.56. The lowest BCUT2D eigenvalue weighted by Crippen LogP contribution is -2.35. The third-order valence-electron chi connectivity index (χ3n) is 5.09. The number of methoxy groups -OCH3 is 1. The Morgan fingerprint density at radius 3 is 2.70 bits per heavy atom. The number of hydrogen-bond donors (Lipinski definition) is 1. The second-order valence-corrected chi connectivity index (χ2v) is 10.2. The minimum Gasteiger partial charge on any atom is -0.465 e. The number of ether oxygens (including phenoxy) is 1. The largest absolute Gasteiger partial charge is 0.465 e. The van der Waals surface area contributed by atoms with Crippen molar-refractivity contribution in [2.45, 2.75) is 50.6 Å². The van der Waals surface area contributed by atoms with Gasteiger partial charge in [0.1, 0.15) is 5.00 Å². The van der Waals surface area contributed by atoms with Gasteiger partial charge in [0.05, 0.1) is 12.7 Å². The average Bonchev–Trinajstić information content (AvgIpc) is 3.08. The van der Waals surface area contributed by atoms with Crippen LogP contribution in [0.5, 0.6) is 0 Å². The Morgan fingerprint density at radius 1 is 1.30 bits per heavy atom. The molecule has 0 saturated carbocycles. The van der Waals surface area contributed by atoms with Crippen LogP contribution in [0.4, 0.5) is 5.00 Å². The third-order valence-corrected chi connectivity index (χ3v) is 7.57. The van der Waals surface area contributed by atoms with Crippen LogP contribution in [0.25, 0.3) is 0 Å². The molecule has 8 heteroatoms. The van der Waals surface area contributed by atoms with E-state index in [0.29, 0.717) is 23.0 Å². The maximum absolute atomic E-state index is 12.5. The molecule has 0 atom stereocenters. The number of thioether (sulfide) groups is 1. The number of anilines is 1. The first-order valence-electron chi connectivity index (χ1n) is 10.0. The normalized spacial score (nSPS) is 13.9. The molecule has 0 radical (unpaired) electrons. The molecule has 2 aromatic rings. The van der Waals surface area contributed by atoms with Crippen molar-refractivity contribution in [2.24, 2.45) is 0 Å². The van der Waals surface area contributed by atoms with Crippen molar-refractivity contribution in [1.82, 2.24) is 4.90 Å². The Balaban J connectivity index is 1.60. The highest BCUT2D eigenvalue weighted by atomic mass is 35.5. The van der Waals surface area contributed by atoms with E-state index in [4.69, 9.17) is 16.3 Å². The van der Waals surface area contributed by atoms with Crippen LogP contribution < -0.4 is 5.32 Å². The minimum atomic E-state index is -0.376. The number of rotatable bonds is 8. The molecule has 0 fully saturated rings. The lowest BCUT2D eigenvalue weighted by atomic mass is 10.0. The number of esters is 1. The van der Waals surface area contributed by atoms with Gasteiger partial charge in [-0.3, -0.25) is 9.69 Å². The first-order valence-corrected chi connectivity index (χ1v) is 12.2. The molecule has 0 saturated heterocycles. The van der Waals surface area contributed by atoms with Gasteiger partial charge in [0, 0.05) is 40.3 Å². The fourth-order valence-electron chi connectivity index (χ4n) is 3.41. The quantitative estimate of drug-likeness (QED) is 0.317. The van der Waals surface area contributed by atoms with E-state index in [1.165, 1.54) is 18.4 Å². The highest BCUT2D eigenvalue weighted by Gasteiger charge is 2.29. The van der Waals surface area contributed by atoms with E-state index in [2.05, 4.69) is 24.1 Å². The van der Waals surface area contributed by atoms with Gasteiger partial charge in [0.2, 0.25) is 5.91 Å². The van der Waals surface area contributed by atoms with E-state index in [9.17, 15) is 9.59 Å². The molecule has 30 heavy (non-hydrogen) atoms. The van der Waals surface area contributed by atoms with Gasteiger partial charge in [0.25, 0.3) is 0 Å². The van der Waals surface area contributed by atoms with E-state index in [1.807, 2.05) is 24.3 Å². The van der Waals surface area contributed by atoms with E-state index < -0.39 is 0 Å². The molecule has 1 N–H and O–H groups in total. The van der Waals surface area contributed by atoms with Crippen molar-refractivity contribution < 1.29 is 14.3 Å². The predicted molar refractivity (Wildman–Crippen MR) is 125 cm³/mol. The molecule has 1 aliphatic rings. The highest BCUT2D eigenvalue weighted by Crippen LogP contribution is 2.38. The van der Waals surface area contributed by atoms with E-state index in [1.54, 1.807) is 11.8 Å². The number of thiophene rings is 1. The summed E-state index contributed by atoms with van der Waals surface area (Å²) in [6.07, 6.45) is 1.95. The van der Waals surface area contributed by atoms with Crippen LogP contribution in [0, 0.1) is 0 Å². The zero-order valence-electron chi connectivity index (χ0n) is 17.5. The molecule has 0 unspecified atom stereocenters. The second-order valence-electron chi connectivity index (χ2n) is 7.47. The molecule has 0 spiro atoms. The van der Waals surface area contributed by atoms with Crippen molar-refractivity contribution >= 4 is 51.6 Å². The standard InChI is InChI=1S/C22H27ClN2O3S2/c1-14(2)25-11-10-17-18(13-25)30-21(20(17)22(27)28-3)24-19(26)5-4-12-29-16-8-6-15(23)7-9-16/h6-9,14H,4-5,10-13H2,1-3H3,(H,24,26). The van der Waals surface area contributed by atoms with Crippen molar-refractivity contribution in [1.29, 1.82) is 0 Å². The maximum atomic E-state index is 12.5. The Labute approximate surface area is 191 Å². The number of carbonyl (C=O) groups is 2. The summed E-state index contributed by atoms with van der Waals surface area (Å²) >= 11 is 9.10. The number of nitrogens with zero attached hydrogens (tertiary/aromatic N) is 1. The summed E-state index contributed by atoms with van der Waals surface area (Å²) < 4.78 is 5.00. The first kappa shape index (κ1) is 23.1. The molecule has 1 amide bonds. The molecule has 1 aromatic carbocycles. The molecule has 5 nitrogen and oxygen atoms in total. The highest BCUT2D eigenvalue weighted by molar-refractivity contribution is 7.99. The second kappa shape index (κ2) is 10.7. The number of fused-ring (bicyclic) bond motifs is 1. The van der Waals surface area contributed by atoms with Gasteiger partial charge in [-0.2, -0.15) is 0 Å². The van der Waals surface area contributed by atoms with Crippen LogP contribution >= 0.6 is 34.7 Å². The molecule has 1 aromatic heterocycles. The van der Waals surface area contributed by atoms with E-state index >= 15 is 0 Å². The summed E-state index contributed by atoms with van der Waals surface area (Å²) in [5.74, 6) is 0.388. The van der Waals surface area contributed by atoms with Crippen LogP contribution in [0.2, 0.25) is 5.02 Å². The van der Waals surface area contributed by atoms with Crippen LogP contribution in [0.3, 0.4) is 0 Å². The van der Waals surface area contributed by atoms with Crippen molar-refractivity contribution in [3.63, 3.8) is 0 Å². The predicted octanol–water partition coefficient (Wildman–Crippen LogP) is 5.47. The summed E-state index contributed by atoms with van der Waals surface area (Å²) in [7, 11) is 1.38. The molecule has 0 bridgehead atoms. The molecular weight excluding hydrogens is 440 g/mol. The van der Waals surface area contributed by atoms with Crippen molar-refractivity contribution in [2.75, 3.05) is 24.7 Å². The summed E-state index contributed by atoms with van der Waals surface area (Å²) in [6, 6.07) is 8.13. The van der Waals surface area contributed by atoms with Crippen LogP contribution in [-0.2, 0) is 22.5 Å². The number of hydrogen-bond acceptors (Lipinski definition) is 6. The minimum absolute atomic E-state index is 0.0730. The number of nitrogens with one attached hydrogen (secondary N) is 1. The maximum Gasteiger partial charge on any atom is 0.341 e. The summed E-state index contributed by atoms with van der Waals surface area (Å²) in [5, 5.41) is 4.30. The lowest BCUT2D eigenvalue weighted by Gasteiger charge is -2.30. The van der Waals surface area contributed by atoms with E-state index in [0.717, 1.165) is 52.0 Å². The van der Waals surface area contributed by atoms with Gasteiger partial charge in [-0.05, 0) is 62.3 Å². The number of amides is 1. The van der Waals surface area contributed by atoms with Gasteiger partial charge in [-0.15, -0.1) is 23.1 Å². The number of benzene rings is 1. The summed E-state index contributed by atoms with van der Waals surface area (Å²) in [4.78, 5) is 29.6. The van der Waals surface area contributed by atoms with Crippen LogP contribution in [0.15, 0.2) is 29.2 Å². The number of carbonyl (C=O) groups excluding carboxylic acids is 2. The first-order chi connectivity index (χ1) is 14.4. The van der Waals surface area contributed by atoms with Gasteiger partial charge < -0.3 is 10.1 Å². The number of halogens is 1. The smallest absolute Gasteiger partial charge is 0.341 e. The van der Waals surface area contributed by atoms with Crippen LogP contribution in [0.1, 0.15) is 47.5 Å². The third kappa shape index (κ3) is 5.78. The SMILES string of the molecule is COC(=O)c1c(NC(=O)CCCSc2ccc(Cl)cc2)sc2c1CCN(C(C)C)C2. The zero-order chi connectivity index (χ0) is 21.7. The topological polar surface area (TPSA) is 58.6 Å². The molecule has 0 aliphatic carbocycles. The monoisotopic (exact) mass is 466 g/mol. The summed E-state index contributed by atoms with van der Waals surface area (Å²) in [6.45, 7) is 6.05. The van der Waals surface area contributed by atoms with Crippen molar-refractivity contribution in [3.8, 4) is 0 Å². The molecular formula is C22H27ClN2O3S2. The molecule has 162 valence electrons. The fourth-order valence-corrected chi connectivity index (χ4v) is 5.67. The Morgan fingerprint density at radius 2 is 2.03 bits per heavy atom. The van der Waals surface area contributed by atoms with E-state index in [-0.39, 0.29) is 11.9 Å². The lowest BCUT2D eigenvalue weighted by molar-refractivity contribution is -0.116. The van der Waals surface area contributed by atoms with Crippen LogP contribution in [-0.4, -0.2) is 42.2 Å². The molecule has 3 rings (SSSR count). The van der Waals surface area contributed by atoms with Crippen molar-refractivity contribution in [3.05, 3.63) is 45.3 Å².